The van der Waals surface area contributed by atoms with Gasteiger partial charge in [-0.05, 0) is 12.1 Å². The van der Waals surface area contributed by atoms with E-state index in [2.05, 4.69) is 4.98 Å². The summed E-state index contributed by atoms with van der Waals surface area (Å²) in [5.41, 5.74) is 0.485. The zero-order chi connectivity index (χ0) is 12.4. The largest absolute Gasteiger partial charge is 0.481 e. The van der Waals surface area contributed by atoms with Crippen molar-refractivity contribution in [3.05, 3.63) is 29.0 Å². The number of carbonyl (C=O) groups is 2. The minimum atomic E-state index is -0.825. The van der Waals surface area contributed by atoms with Gasteiger partial charge >= 0.3 is 5.97 Å². The lowest BCUT2D eigenvalue weighted by Gasteiger charge is -2.38. The smallest absolute Gasteiger partial charge is 0.303 e. The van der Waals surface area contributed by atoms with Crippen molar-refractivity contribution in [3.8, 4) is 0 Å². The molecule has 6 heteroatoms. The Bertz CT molecular complexity index is 458. The van der Waals surface area contributed by atoms with Crippen LogP contribution >= 0.6 is 11.6 Å². The quantitative estimate of drug-likeness (QED) is 0.825. The van der Waals surface area contributed by atoms with E-state index in [0.29, 0.717) is 18.7 Å². The van der Waals surface area contributed by atoms with E-state index in [-0.39, 0.29) is 23.4 Å². The molecule has 1 saturated heterocycles. The van der Waals surface area contributed by atoms with Gasteiger partial charge in [-0.2, -0.15) is 0 Å². The molecule has 5 nitrogen and oxygen atoms in total. The van der Waals surface area contributed by atoms with Crippen LogP contribution in [0.25, 0.3) is 0 Å². The summed E-state index contributed by atoms with van der Waals surface area (Å²) in [6, 6.07) is 3.10. The van der Waals surface area contributed by atoms with Gasteiger partial charge in [0, 0.05) is 30.8 Å². The number of amides is 1. The number of pyridine rings is 1. The molecular weight excluding hydrogens is 244 g/mol. The van der Waals surface area contributed by atoms with Gasteiger partial charge in [-0.3, -0.25) is 9.59 Å². The molecule has 1 N–H and O–H groups in total. The molecule has 0 radical (unpaired) electrons. The Morgan fingerprint density at radius 3 is 2.82 bits per heavy atom. The highest BCUT2D eigenvalue weighted by Gasteiger charge is 2.32. The third-order valence-electron chi connectivity index (χ3n) is 2.68. The summed E-state index contributed by atoms with van der Waals surface area (Å²) in [4.78, 5) is 27.8. The molecule has 1 aliphatic rings. The maximum atomic E-state index is 11.9. The maximum absolute atomic E-state index is 11.9. The molecule has 0 aliphatic carbocycles. The van der Waals surface area contributed by atoms with Crippen LogP contribution in [0.4, 0.5) is 0 Å². The number of nitrogens with zero attached hydrogens (tertiary/aromatic N) is 2. The molecule has 1 amide bonds. The molecule has 0 spiro atoms. The summed E-state index contributed by atoms with van der Waals surface area (Å²) < 4.78 is 0. The molecule has 0 unspecified atom stereocenters. The number of hydrogen-bond acceptors (Lipinski definition) is 3. The number of halogens is 1. The van der Waals surface area contributed by atoms with Crippen LogP contribution in [0, 0.1) is 5.92 Å². The first-order valence-corrected chi connectivity index (χ1v) is 5.56. The number of carbonyl (C=O) groups excluding carboxylic acids is 1. The van der Waals surface area contributed by atoms with Crippen LogP contribution in [0.3, 0.4) is 0 Å². The van der Waals surface area contributed by atoms with Gasteiger partial charge in [0.2, 0.25) is 0 Å². The van der Waals surface area contributed by atoms with Crippen LogP contribution < -0.4 is 0 Å². The van der Waals surface area contributed by atoms with Gasteiger partial charge in [0.05, 0.1) is 6.42 Å². The molecule has 0 bridgehead atoms. The minimum Gasteiger partial charge on any atom is -0.481 e. The molecule has 1 aromatic rings. The van der Waals surface area contributed by atoms with E-state index in [1.54, 1.807) is 11.0 Å². The molecule has 17 heavy (non-hydrogen) atoms. The molecule has 90 valence electrons. The van der Waals surface area contributed by atoms with Crippen molar-refractivity contribution in [1.82, 2.24) is 9.88 Å². The molecule has 2 rings (SSSR count). The fourth-order valence-electron chi connectivity index (χ4n) is 1.83. The number of aromatic nitrogens is 1. The first kappa shape index (κ1) is 11.9. The number of carboxylic acids is 1. The summed E-state index contributed by atoms with van der Waals surface area (Å²) in [6.07, 6.45) is 1.59. The average molecular weight is 255 g/mol. The van der Waals surface area contributed by atoms with Gasteiger partial charge in [0.25, 0.3) is 5.91 Å². The van der Waals surface area contributed by atoms with E-state index in [4.69, 9.17) is 16.7 Å². The highest BCUT2D eigenvalue weighted by molar-refractivity contribution is 6.29. The zero-order valence-electron chi connectivity index (χ0n) is 8.97. The van der Waals surface area contributed by atoms with E-state index in [0.717, 1.165) is 0 Å². The SMILES string of the molecule is O=C(O)CC1CN(C(=O)c2ccnc(Cl)c2)C1. The highest BCUT2D eigenvalue weighted by atomic mass is 35.5. The van der Waals surface area contributed by atoms with Crippen LogP contribution in [-0.4, -0.2) is 40.0 Å². The Hall–Kier alpha value is -1.62. The van der Waals surface area contributed by atoms with Crippen molar-refractivity contribution in [3.63, 3.8) is 0 Å². The van der Waals surface area contributed by atoms with Crippen molar-refractivity contribution in [2.75, 3.05) is 13.1 Å². The van der Waals surface area contributed by atoms with Crippen LogP contribution in [0.1, 0.15) is 16.8 Å². The topological polar surface area (TPSA) is 70.5 Å². The van der Waals surface area contributed by atoms with Crippen LogP contribution in [0.15, 0.2) is 18.3 Å². The second-order valence-corrected chi connectivity index (χ2v) is 4.43. The number of likely N-dealkylation sites (tertiary alicyclic amines) is 1. The molecule has 1 aromatic heterocycles. The standard InChI is InChI=1S/C11H11ClN2O3/c12-9-4-8(1-2-13-9)11(17)14-5-7(6-14)3-10(15)16/h1-2,4,7H,3,5-6H2,(H,15,16). The van der Waals surface area contributed by atoms with Crippen molar-refractivity contribution in [2.45, 2.75) is 6.42 Å². The van der Waals surface area contributed by atoms with Gasteiger partial charge in [-0.1, -0.05) is 11.6 Å². The molecule has 0 aromatic carbocycles. The van der Waals surface area contributed by atoms with Crippen LogP contribution in [-0.2, 0) is 4.79 Å². The molecule has 0 atom stereocenters. The van der Waals surface area contributed by atoms with Crippen molar-refractivity contribution < 1.29 is 14.7 Å². The minimum absolute atomic E-state index is 0.0637. The highest BCUT2D eigenvalue weighted by Crippen LogP contribution is 2.21. The lowest BCUT2D eigenvalue weighted by atomic mass is 9.95. The fraction of sp³-hybridized carbons (Fsp3) is 0.364. The monoisotopic (exact) mass is 254 g/mol. The van der Waals surface area contributed by atoms with Gasteiger partial charge in [0.15, 0.2) is 0 Å². The number of rotatable bonds is 3. The van der Waals surface area contributed by atoms with E-state index in [9.17, 15) is 9.59 Å². The van der Waals surface area contributed by atoms with Crippen molar-refractivity contribution >= 4 is 23.5 Å². The van der Waals surface area contributed by atoms with E-state index in [1.165, 1.54) is 12.3 Å². The van der Waals surface area contributed by atoms with Crippen molar-refractivity contribution in [1.29, 1.82) is 0 Å². The summed E-state index contributed by atoms with van der Waals surface area (Å²) in [6.45, 7) is 0.982. The zero-order valence-corrected chi connectivity index (χ0v) is 9.72. The molecule has 1 fully saturated rings. The number of aliphatic carboxylic acids is 1. The predicted molar refractivity (Wildman–Crippen MR) is 60.9 cm³/mol. The third kappa shape index (κ3) is 2.74. The second-order valence-electron chi connectivity index (χ2n) is 4.04. The molecular formula is C11H11ClN2O3. The van der Waals surface area contributed by atoms with Crippen LogP contribution in [0.2, 0.25) is 5.15 Å². The van der Waals surface area contributed by atoms with Gasteiger partial charge in [0.1, 0.15) is 5.15 Å². The predicted octanol–water partition coefficient (Wildman–Crippen LogP) is 1.28. The normalized spacial score (nSPS) is 15.5. The summed E-state index contributed by atoms with van der Waals surface area (Å²) in [5.74, 6) is -0.890. The maximum Gasteiger partial charge on any atom is 0.303 e. The van der Waals surface area contributed by atoms with Gasteiger partial charge in [-0.15, -0.1) is 0 Å². The number of hydrogen-bond donors (Lipinski definition) is 1. The lowest BCUT2D eigenvalue weighted by molar-refractivity contribution is -0.139. The summed E-state index contributed by atoms with van der Waals surface area (Å²) >= 11 is 5.69. The third-order valence-corrected chi connectivity index (χ3v) is 2.89. The Labute approximate surface area is 103 Å². The second kappa shape index (κ2) is 4.71. The van der Waals surface area contributed by atoms with E-state index < -0.39 is 5.97 Å². The molecule has 0 saturated carbocycles. The van der Waals surface area contributed by atoms with Crippen molar-refractivity contribution in [2.24, 2.45) is 5.92 Å². The van der Waals surface area contributed by atoms with Gasteiger partial charge in [-0.25, -0.2) is 4.98 Å². The lowest BCUT2D eigenvalue weighted by Crippen LogP contribution is -2.50. The fourth-order valence-corrected chi connectivity index (χ4v) is 2.00. The van der Waals surface area contributed by atoms with Crippen LogP contribution in [0.5, 0.6) is 0 Å². The van der Waals surface area contributed by atoms with Gasteiger partial charge < -0.3 is 10.0 Å². The van der Waals surface area contributed by atoms with E-state index in [1.807, 2.05) is 0 Å². The first-order valence-electron chi connectivity index (χ1n) is 5.19. The first-order chi connectivity index (χ1) is 8.06. The summed E-state index contributed by atoms with van der Waals surface area (Å²) in [7, 11) is 0. The Morgan fingerprint density at radius 2 is 2.24 bits per heavy atom. The summed E-state index contributed by atoms with van der Waals surface area (Å²) in [5, 5.41) is 8.87. The molecule has 1 aliphatic heterocycles. The van der Waals surface area contributed by atoms with E-state index >= 15 is 0 Å². The number of carboxylic acid groups (broad SMARTS) is 1. The molecule has 2 heterocycles. The average Bonchev–Trinajstić information content (AvgIpc) is 2.21. The Balaban J connectivity index is 1.93. The Kier molecular flexibility index (Phi) is 3.28. The Morgan fingerprint density at radius 1 is 1.53 bits per heavy atom.